The summed E-state index contributed by atoms with van der Waals surface area (Å²) in [6.45, 7) is 9.99. The molecule has 0 unspecified atom stereocenters. The maximum atomic E-state index is 12.5. The average Bonchev–Trinajstić information content (AvgIpc) is 3.04. The van der Waals surface area contributed by atoms with E-state index in [0.29, 0.717) is 5.65 Å². The number of aromatic nitrogens is 4. The second-order valence-electron chi connectivity index (χ2n) is 6.20. The molecule has 0 fully saturated rings. The molecule has 7 heteroatoms. The summed E-state index contributed by atoms with van der Waals surface area (Å²) in [6, 6.07) is 5.87. The van der Waals surface area contributed by atoms with Gasteiger partial charge < -0.3 is 10.2 Å². The van der Waals surface area contributed by atoms with Crippen LogP contribution in [0.1, 0.15) is 25.0 Å². The van der Waals surface area contributed by atoms with Gasteiger partial charge in [-0.3, -0.25) is 4.79 Å². The van der Waals surface area contributed by atoms with Crippen LogP contribution in [-0.2, 0) is 11.3 Å². The van der Waals surface area contributed by atoms with Crippen molar-refractivity contribution in [3.63, 3.8) is 0 Å². The molecule has 1 aromatic carbocycles. The number of amides is 1. The molecule has 3 rings (SSSR count). The van der Waals surface area contributed by atoms with Crippen LogP contribution >= 0.6 is 0 Å². The first-order valence-corrected chi connectivity index (χ1v) is 8.82. The van der Waals surface area contributed by atoms with Crippen molar-refractivity contribution < 1.29 is 4.79 Å². The normalized spacial score (nSPS) is 10.9. The molecule has 1 amide bonds. The monoisotopic (exact) mass is 352 g/mol. The van der Waals surface area contributed by atoms with Crippen molar-refractivity contribution in [1.29, 1.82) is 0 Å². The second-order valence-corrected chi connectivity index (χ2v) is 6.20. The number of hydrogen-bond donors (Lipinski definition) is 1. The van der Waals surface area contributed by atoms with Gasteiger partial charge in [0.2, 0.25) is 5.91 Å². The van der Waals surface area contributed by atoms with E-state index in [1.165, 1.54) is 6.33 Å². The van der Waals surface area contributed by atoms with Crippen LogP contribution in [0, 0.1) is 13.8 Å². The zero-order valence-electron chi connectivity index (χ0n) is 15.7. The van der Waals surface area contributed by atoms with Gasteiger partial charge in [0.25, 0.3) is 0 Å². The van der Waals surface area contributed by atoms with Crippen molar-refractivity contribution in [2.75, 3.05) is 23.3 Å². The van der Waals surface area contributed by atoms with Gasteiger partial charge >= 0.3 is 0 Å². The molecule has 0 saturated heterocycles. The standard InChI is InChI=1S/C19H24N6O/c1-5-24(6-2)18-15-10-22-25(19(15)21-12-20-18)11-17(26)23-16-9-7-8-13(3)14(16)4/h7-10,12H,5-6,11H2,1-4H3,(H,23,26). The van der Waals surface area contributed by atoms with Gasteiger partial charge in [0.1, 0.15) is 18.7 Å². The van der Waals surface area contributed by atoms with Gasteiger partial charge in [-0.1, -0.05) is 12.1 Å². The molecule has 0 spiro atoms. The fraction of sp³-hybridized carbons (Fsp3) is 0.368. The molecule has 0 aliphatic heterocycles. The van der Waals surface area contributed by atoms with Crippen LogP contribution < -0.4 is 10.2 Å². The molecule has 0 aliphatic carbocycles. The molecule has 2 aromatic heterocycles. The lowest BCUT2D eigenvalue weighted by Crippen LogP contribution is -2.23. The maximum absolute atomic E-state index is 12.5. The molecule has 26 heavy (non-hydrogen) atoms. The molecule has 0 aliphatic rings. The van der Waals surface area contributed by atoms with E-state index < -0.39 is 0 Å². The highest BCUT2D eigenvalue weighted by atomic mass is 16.2. The van der Waals surface area contributed by atoms with Crippen molar-refractivity contribution in [2.24, 2.45) is 0 Å². The third kappa shape index (κ3) is 3.37. The highest BCUT2D eigenvalue weighted by Gasteiger charge is 2.15. The van der Waals surface area contributed by atoms with Gasteiger partial charge in [0.05, 0.1) is 11.6 Å². The van der Waals surface area contributed by atoms with E-state index in [2.05, 4.69) is 39.1 Å². The Kier molecular flexibility index (Phi) is 5.16. The number of hydrogen-bond acceptors (Lipinski definition) is 5. The fourth-order valence-electron chi connectivity index (χ4n) is 2.98. The van der Waals surface area contributed by atoms with Crippen LogP contribution in [0.3, 0.4) is 0 Å². The van der Waals surface area contributed by atoms with Gasteiger partial charge in [-0.2, -0.15) is 5.10 Å². The summed E-state index contributed by atoms with van der Waals surface area (Å²) in [4.78, 5) is 23.4. The summed E-state index contributed by atoms with van der Waals surface area (Å²) in [6.07, 6.45) is 3.25. The number of nitrogens with one attached hydrogen (secondary N) is 1. The van der Waals surface area contributed by atoms with Gasteiger partial charge in [-0.15, -0.1) is 0 Å². The number of fused-ring (bicyclic) bond motifs is 1. The third-order valence-electron chi connectivity index (χ3n) is 4.65. The molecule has 0 atom stereocenters. The first-order chi connectivity index (χ1) is 12.5. The first-order valence-electron chi connectivity index (χ1n) is 8.82. The van der Waals surface area contributed by atoms with Crippen LogP contribution in [0.4, 0.5) is 11.5 Å². The summed E-state index contributed by atoms with van der Waals surface area (Å²) in [5.74, 6) is 0.716. The lowest BCUT2D eigenvalue weighted by molar-refractivity contribution is -0.116. The van der Waals surface area contributed by atoms with E-state index in [4.69, 9.17) is 0 Å². The number of nitrogens with zero attached hydrogens (tertiary/aromatic N) is 5. The molecule has 136 valence electrons. The van der Waals surface area contributed by atoms with Crippen LogP contribution in [0.2, 0.25) is 0 Å². The molecular weight excluding hydrogens is 328 g/mol. The average molecular weight is 352 g/mol. The topological polar surface area (TPSA) is 75.9 Å². The highest BCUT2D eigenvalue weighted by molar-refractivity contribution is 5.93. The highest BCUT2D eigenvalue weighted by Crippen LogP contribution is 2.22. The van der Waals surface area contributed by atoms with Crippen molar-refractivity contribution in [3.05, 3.63) is 41.9 Å². The lowest BCUT2D eigenvalue weighted by atomic mass is 10.1. The molecule has 0 bridgehead atoms. The van der Waals surface area contributed by atoms with Crippen LogP contribution in [0.5, 0.6) is 0 Å². The number of rotatable bonds is 6. The SMILES string of the molecule is CCN(CC)c1ncnc2c1cnn2CC(=O)Nc1cccc(C)c1C. The van der Waals surface area contributed by atoms with Crippen molar-refractivity contribution in [1.82, 2.24) is 19.7 Å². The Bertz CT molecular complexity index is 929. The summed E-state index contributed by atoms with van der Waals surface area (Å²) >= 11 is 0. The van der Waals surface area contributed by atoms with E-state index in [1.54, 1.807) is 10.9 Å². The Labute approximate surface area is 153 Å². The molecule has 0 radical (unpaired) electrons. The van der Waals surface area contributed by atoms with E-state index in [9.17, 15) is 4.79 Å². The summed E-state index contributed by atoms with van der Waals surface area (Å²) in [5.41, 5.74) is 3.70. The van der Waals surface area contributed by atoms with E-state index in [-0.39, 0.29) is 12.5 Å². The number of carbonyl (C=O) groups is 1. The molecule has 7 nitrogen and oxygen atoms in total. The zero-order chi connectivity index (χ0) is 18.7. The Morgan fingerprint density at radius 1 is 1.19 bits per heavy atom. The summed E-state index contributed by atoms with van der Waals surface area (Å²) < 4.78 is 1.62. The zero-order valence-corrected chi connectivity index (χ0v) is 15.7. The molecule has 3 aromatic rings. The van der Waals surface area contributed by atoms with Gasteiger partial charge in [-0.05, 0) is 44.9 Å². The Balaban J connectivity index is 1.84. The minimum Gasteiger partial charge on any atom is -0.356 e. The maximum Gasteiger partial charge on any atom is 0.246 e. The second kappa shape index (κ2) is 7.51. The predicted molar refractivity (Wildman–Crippen MR) is 103 cm³/mol. The van der Waals surface area contributed by atoms with E-state index in [1.807, 2.05) is 32.0 Å². The van der Waals surface area contributed by atoms with Gasteiger partial charge in [0.15, 0.2) is 5.65 Å². The molecule has 0 saturated carbocycles. The lowest BCUT2D eigenvalue weighted by Gasteiger charge is -2.19. The minimum atomic E-state index is -0.133. The van der Waals surface area contributed by atoms with E-state index >= 15 is 0 Å². The summed E-state index contributed by atoms with van der Waals surface area (Å²) in [7, 11) is 0. The predicted octanol–water partition coefficient (Wildman–Crippen LogP) is 2.93. The van der Waals surface area contributed by atoms with Crippen LogP contribution in [-0.4, -0.2) is 38.7 Å². The van der Waals surface area contributed by atoms with E-state index in [0.717, 1.165) is 41.1 Å². The largest absolute Gasteiger partial charge is 0.356 e. The third-order valence-corrected chi connectivity index (χ3v) is 4.65. The Hall–Kier alpha value is -2.96. The van der Waals surface area contributed by atoms with Gasteiger partial charge in [-0.25, -0.2) is 14.6 Å². The fourth-order valence-corrected chi connectivity index (χ4v) is 2.98. The Morgan fingerprint density at radius 2 is 1.96 bits per heavy atom. The number of anilines is 2. The molecule has 2 heterocycles. The number of carbonyl (C=O) groups excluding carboxylic acids is 1. The summed E-state index contributed by atoms with van der Waals surface area (Å²) in [5, 5.41) is 8.17. The quantitative estimate of drug-likeness (QED) is 0.738. The van der Waals surface area contributed by atoms with Crippen molar-refractivity contribution >= 4 is 28.4 Å². The molecule has 1 N–H and O–H groups in total. The number of aryl methyl sites for hydroxylation is 1. The van der Waals surface area contributed by atoms with Crippen LogP contribution in [0.15, 0.2) is 30.7 Å². The van der Waals surface area contributed by atoms with Gasteiger partial charge in [0, 0.05) is 18.8 Å². The van der Waals surface area contributed by atoms with Crippen LogP contribution in [0.25, 0.3) is 11.0 Å². The number of benzene rings is 1. The molecular formula is C19H24N6O. The Morgan fingerprint density at radius 3 is 2.69 bits per heavy atom. The minimum absolute atomic E-state index is 0.103. The van der Waals surface area contributed by atoms with Crippen molar-refractivity contribution in [3.8, 4) is 0 Å². The smallest absolute Gasteiger partial charge is 0.246 e. The van der Waals surface area contributed by atoms with Crippen molar-refractivity contribution in [2.45, 2.75) is 34.2 Å². The first kappa shape index (κ1) is 17.8.